The van der Waals surface area contributed by atoms with Gasteiger partial charge in [0.05, 0.1) is 5.56 Å². The lowest BCUT2D eigenvalue weighted by Gasteiger charge is -2.07. The van der Waals surface area contributed by atoms with Crippen LogP contribution in [0.3, 0.4) is 0 Å². The van der Waals surface area contributed by atoms with Gasteiger partial charge < -0.3 is 11.1 Å². The maximum atomic E-state index is 11.1. The molecule has 2 heterocycles. The van der Waals surface area contributed by atoms with E-state index >= 15 is 0 Å². The molecule has 0 aliphatic rings. The zero-order chi connectivity index (χ0) is 11.4. The summed E-state index contributed by atoms with van der Waals surface area (Å²) in [5.41, 5.74) is 5.57. The largest absolute Gasteiger partial charge is 0.365 e. The lowest BCUT2D eigenvalue weighted by atomic mass is 10.2. The van der Waals surface area contributed by atoms with E-state index in [-0.39, 0.29) is 0 Å². The Morgan fingerprint density at radius 1 is 1.12 bits per heavy atom. The minimum atomic E-state index is -0.522. The van der Waals surface area contributed by atoms with E-state index in [1.54, 1.807) is 36.7 Å². The number of pyridine rings is 2. The fraction of sp³-hybridized carbons (Fsp3) is 0. The number of hydrogen-bond donors (Lipinski definition) is 2. The molecular formula is C11H10N4O. The second-order valence-corrected chi connectivity index (χ2v) is 3.10. The van der Waals surface area contributed by atoms with Gasteiger partial charge in [-0.3, -0.25) is 4.79 Å². The fourth-order valence-electron chi connectivity index (χ4n) is 1.26. The number of carbonyl (C=O) groups is 1. The predicted molar refractivity (Wildman–Crippen MR) is 60.3 cm³/mol. The molecule has 0 spiro atoms. The quantitative estimate of drug-likeness (QED) is 0.807. The molecule has 2 aromatic heterocycles. The van der Waals surface area contributed by atoms with Crippen molar-refractivity contribution in [2.24, 2.45) is 5.73 Å². The van der Waals surface area contributed by atoms with Crippen molar-refractivity contribution >= 4 is 17.5 Å². The van der Waals surface area contributed by atoms with Gasteiger partial charge in [0.15, 0.2) is 0 Å². The average Bonchev–Trinajstić information content (AvgIpc) is 2.31. The van der Waals surface area contributed by atoms with Crippen LogP contribution in [0.15, 0.2) is 42.7 Å². The Morgan fingerprint density at radius 2 is 1.94 bits per heavy atom. The normalized spacial score (nSPS) is 9.75. The Hall–Kier alpha value is -2.43. The van der Waals surface area contributed by atoms with Gasteiger partial charge in [0.1, 0.15) is 11.6 Å². The van der Waals surface area contributed by atoms with Gasteiger partial charge in [-0.05, 0) is 24.3 Å². The van der Waals surface area contributed by atoms with Gasteiger partial charge in [0.2, 0.25) is 0 Å². The van der Waals surface area contributed by atoms with Crippen LogP contribution in [0.5, 0.6) is 0 Å². The smallest absolute Gasteiger partial charge is 0.252 e. The number of primary amides is 1. The molecule has 0 aliphatic carbocycles. The van der Waals surface area contributed by atoms with E-state index in [1.807, 2.05) is 6.07 Å². The Balaban J connectivity index is 2.31. The number of nitrogens with two attached hydrogens (primary N) is 1. The van der Waals surface area contributed by atoms with Gasteiger partial charge in [0.25, 0.3) is 5.91 Å². The Kier molecular flexibility index (Phi) is 2.77. The lowest BCUT2D eigenvalue weighted by molar-refractivity contribution is 0.100. The number of hydrogen-bond acceptors (Lipinski definition) is 4. The Bertz CT molecular complexity index is 498. The maximum absolute atomic E-state index is 11.1. The van der Waals surface area contributed by atoms with Crippen LogP contribution in [-0.2, 0) is 0 Å². The molecule has 0 atom stereocenters. The molecular weight excluding hydrogens is 204 g/mol. The zero-order valence-electron chi connectivity index (χ0n) is 8.42. The Morgan fingerprint density at radius 3 is 2.62 bits per heavy atom. The Labute approximate surface area is 92.3 Å². The maximum Gasteiger partial charge on any atom is 0.252 e. The lowest BCUT2D eigenvalue weighted by Crippen LogP contribution is -2.14. The number of amides is 1. The summed E-state index contributed by atoms with van der Waals surface area (Å²) in [6, 6.07) is 8.69. The first-order chi connectivity index (χ1) is 7.77. The van der Waals surface area contributed by atoms with E-state index in [1.165, 1.54) is 0 Å². The molecule has 3 N–H and O–H groups in total. The fourth-order valence-corrected chi connectivity index (χ4v) is 1.26. The summed E-state index contributed by atoms with van der Waals surface area (Å²) in [4.78, 5) is 19.2. The van der Waals surface area contributed by atoms with Crippen LogP contribution in [0.1, 0.15) is 10.4 Å². The monoisotopic (exact) mass is 214 g/mol. The van der Waals surface area contributed by atoms with Crippen molar-refractivity contribution in [1.29, 1.82) is 0 Å². The first kappa shape index (κ1) is 10.1. The van der Waals surface area contributed by atoms with E-state index < -0.39 is 5.91 Å². The second kappa shape index (κ2) is 4.39. The first-order valence-corrected chi connectivity index (χ1v) is 4.70. The predicted octanol–water partition coefficient (Wildman–Crippen LogP) is 1.32. The van der Waals surface area contributed by atoms with Crippen molar-refractivity contribution in [3.05, 3.63) is 48.3 Å². The SMILES string of the molecule is NC(=O)c1cccnc1Nc1ccccn1. The van der Waals surface area contributed by atoms with E-state index in [4.69, 9.17) is 5.73 Å². The number of aromatic nitrogens is 2. The highest BCUT2D eigenvalue weighted by molar-refractivity contribution is 5.98. The first-order valence-electron chi connectivity index (χ1n) is 4.70. The molecule has 1 amide bonds. The molecule has 0 unspecified atom stereocenters. The molecule has 0 bridgehead atoms. The average molecular weight is 214 g/mol. The molecule has 0 saturated heterocycles. The third kappa shape index (κ3) is 2.14. The van der Waals surface area contributed by atoms with Gasteiger partial charge in [-0.15, -0.1) is 0 Å². The summed E-state index contributed by atoms with van der Waals surface area (Å²) in [7, 11) is 0. The van der Waals surface area contributed by atoms with Crippen molar-refractivity contribution in [2.75, 3.05) is 5.32 Å². The van der Waals surface area contributed by atoms with Crippen molar-refractivity contribution in [3.8, 4) is 0 Å². The van der Waals surface area contributed by atoms with Crippen LogP contribution >= 0.6 is 0 Å². The van der Waals surface area contributed by atoms with E-state index in [9.17, 15) is 4.79 Å². The third-order valence-corrected chi connectivity index (χ3v) is 1.98. The number of anilines is 2. The van der Waals surface area contributed by atoms with Crippen molar-refractivity contribution < 1.29 is 4.79 Å². The van der Waals surface area contributed by atoms with Crippen LogP contribution in [0.2, 0.25) is 0 Å². The molecule has 0 radical (unpaired) electrons. The summed E-state index contributed by atoms with van der Waals surface area (Å²) < 4.78 is 0. The molecule has 5 nitrogen and oxygen atoms in total. The zero-order valence-corrected chi connectivity index (χ0v) is 8.42. The second-order valence-electron chi connectivity index (χ2n) is 3.10. The van der Waals surface area contributed by atoms with Crippen LogP contribution in [0, 0.1) is 0 Å². The van der Waals surface area contributed by atoms with Crippen molar-refractivity contribution in [2.45, 2.75) is 0 Å². The van der Waals surface area contributed by atoms with Gasteiger partial charge in [-0.1, -0.05) is 6.07 Å². The van der Waals surface area contributed by atoms with Crippen LogP contribution < -0.4 is 11.1 Å². The molecule has 0 fully saturated rings. The molecule has 2 aromatic rings. The third-order valence-electron chi connectivity index (χ3n) is 1.98. The van der Waals surface area contributed by atoms with Crippen LogP contribution in [0.25, 0.3) is 0 Å². The number of carbonyl (C=O) groups excluding carboxylic acids is 1. The highest BCUT2D eigenvalue weighted by Crippen LogP contribution is 2.15. The standard InChI is InChI=1S/C11H10N4O/c12-10(16)8-4-3-7-14-11(8)15-9-5-1-2-6-13-9/h1-7H,(H2,12,16)(H,13,14,15). The molecule has 5 heteroatoms. The minimum Gasteiger partial charge on any atom is -0.365 e. The molecule has 0 aliphatic heterocycles. The van der Waals surface area contributed by atoms with E-state index in [0.29, 0.717) is 17.2 Å². The van der Waals surface area contributed by atoms with Crippen LogP contribution in [0.4, 0.5) is 11.6 Å². The summed E-state index contributed by atoms with van der Waals surface area (Å²) in [6.07, 6.45) is 3.23. The summed E-state index contributed by atoms with van der Waals surface area (Å²) >= 11 is 0. The van der Waals surface area contributed by atoms with E-state index in [0.717, 1.165) is 0 Å². The number of rotatable bonds is 3. The van der Waals surface area contributed by atoms with Gasteiger partial charge in [-0.25, -0.2) is 9.97 Å². The number of nitrogens with zero attached hydrogens (tertiary/aromatic N) is 2. The minimum absolute atomic E-state index is 0.341. The molecule has 0 saturated carbocycles. The summed E-state index contributed by atoms with van der Waals surface area (Å²) in [5, 5.41) is 2.93. The molecule has 2 rings (SSSR count). The highest BCUT2D eigenvalue weighted by atomic mass is 16.1. The highest BCUT2D eigenvalue weighted by Gasteiger charge is 2.08. The summed E-state index contributed by atoms with van der Waals surface area (Å²) in [5.74, 6) is 0.504. The molecule has 80 valence electrons. The molecule has 0 aromatic carbocycles. The summed E-state index contributed by atoms with van der Waals surface area (Å²) in [6.45, 7) is 0. The van der Waals surface area contributed by atoms with E-state index in [2.05, 4.69) is 15.3 Å². The van der Waals surface area contributed by atoms with Gasteiger partial charge in [-0.2, -0.15) is 0 Å². The van der Waals surface area contributed by atoms with Gasteiger partial charge in [0, 0.05) is 12.4 Å². The molecule has 16 heavy (non-hydrogen) atoms. The van der Waals surface area contributed by atoms with Crippen molar-refractivity contribution in [3.63, 3.8) is 0 Å². The van der Waals surface area contributed by atoms with Gasteiger partial charge >= 0.3 is 0 Å². The number of nitrogens with one attached hydrogen (secondary N) is 1. The van der Waals surface area contributed by atoms with Crippen molar-refractivity contribution in [1.82, 2.24) is 9.97 Å². The van der Waals surface area contributed by atoms with Crippen LogP contribution in [-0.4, -0.2) is 15.9 Å². The topological polar surface area (TPSA) is 80.9 Å².